The average Bonchev–Trinajstić information content (AvgIpc) is 3.10. The van der Waals surface area contributed by atoms with Crippen LogP contribution in [-0.4, -0.2) is 28.3 Å². The predicted molar refractivity (Wildman–Crippen MR) is 66.3 cm³/mol. The van der Waals surface area contributed by atoms with Gasteiger partial charge in [-0.05, 0) is 31.4 Å². The van der Waals surface area contributed by atoms with E-state index in [0.717, 1.165) is 12.8 Å². The van der Waals surface area contributed by atoms with Crippen LogP contribution < -0.4 is 10.6 Å². The zero-order valence-electron chi connectivity index (χ0n) is 10.4. The van der Waals surface area contributed by atoms with Gasteiger partial charge < -0.3 is 9.88 Å². The number of imide groups is 1. The smallest absolute Gasteiger partial charge is 0.268 e. The fourth-order valence-electron chi connectivity index (χ4n) is 2.32. The van der Waals surface area contributed by atoms with Gasteiger partial charge in [0.2, 0.25) is 11.8 Å². The Kier molecular flexibility index (Phi) is 2.85. The molecule has 2 N–H and O–H groups in total. The second kappa shape index (κ2) is 4.53. The lowest BCUT2D eigenvalue weighted by Gasteiger charge is -2.22. The van der Waals surface area contributed by atoms with E-state index >= 15 is 0 Å². The van der Waals surface area contributed by atoms with Crippen LogP contribution in [-0.2, 0) is 9.59 Å². The quantitative estimate of drug-likeness (QED) is 0.771. The summed E-state index contributed by atoms with van der Waals surface area (Å²) in [5, 5.41) is 4.92. The van der Waals surface area contributed by atoms with Crippen LogP contribution in [0.4, 0.5) is 0 Å². The predicted octanol–water partition coefficient (Wildman–Crippen LogP) is 0.358. The van der Waals surface area contributed by atoms with Crippen LogP contribution in [0.2, 0.25) is 0 Å². The maximum atomic E-state index is 12.2. The minimum Gasteiger partial charge on any atom is -0.340 e. The number of hydrogen-bond acceptors (Lipinski definition) is 3. The van der Waals surface area contributed by atoms with Crippen LogP contribution in [0.3, 0.4) is 0 Å². The SMILES string of the molecule is O=C1CCC(NC(=O)c2cccn2C2CC2)C(=O)N1. The molecule has 6 nitrogen and oxygen atoms in total. The summed E-state index contributed by atoms with van der Waals surface area (Å²) in [6, 6.07) is 3.38. The molecule has 1 aromatic heterocycles. The first-order valence-electron chi connectivity index (χ1n) is 6.46. The molecule has 1 aliphatic carbocycles. The van der Waals surface area contributed by atoms with Crippen molar-refractivity contribution in [3.05, 3.63) is 24.0 Å². The van der Waals surface area contributed by atoms with Crippen molar-refractivity contribution in [2.45, 2.75) is 37.8 Å². The molecular weight excluding hydrogens is 246 g/mol. The van der Waals surface area contributed by atoms with Crippen molar-refractivity contribution in [3.8, 4) is 0 Å². The summed E-state index contributed by atoms with van der Waals surface area (Å²) in [4.78, 5) is 34.8. The van der Waals surface area contributed by atoms with Crippen molar-refractivity contribution in [1.82, 2.24) is 15.2 Å². The standard InChI is InChI=1S/C13H15N3O3/c17-11-6-5-9(12(18)15-11)14-13(19)10-2-1-7-16(10)8-3-4-8/h1-2,7-9H,3-6H2,(H,14,19)(H,15,17,18). The average molecular weight is 261 g/mol. The molecule has 2 heterocycles. The Bertz CT molecular complexity index is 545. The summed E-state index contributed by atoms with van der Waals surface area (Å²) >= 11 is 0. The van der Waals surface area contributed by atoms with Gasteiger partial charge >= 0.3 is 0 Å². The van der Waals surface area contributed by atoms with Gasteiger partial charge in [-0.3, -0.25) is 19.7 Å². The van der Waals surface area contributed by atoms with Gasteiger partial charge in [-0.25, -0.2) is 0 Å². The van der Waals surface area contributed by atoms with E-state index in [9.17, 15) is 14.4 Å². The molecule has 3 rings (SSSR count). The number of nitrogens with zero attached hydrogens (tertiary/aromatic N) is 1. The van der Waals surface area contributed by atoms with Gasteiger partial charge in [-0.2, -0.15) is 0 Å². The largest absolute Gasteiger partial charge is 0.340 e. The van der Waals surface area contributed by atoms with E-state index in [0.29, 0.717) is 18.2 Å². The van der Waals surface area contributed by atoms with Crippen LogP contribution in [0, 0.1) is 0 Å². The van der Waals surface area contributed by atoms with Crippen molar-refractivity contribution >= 4 is 17.7 Å². The summed E-state index contributed by atoms with van der Waals surface area (Å²) in [5.74, 6) is -0.961. The number of amides is 3. The number of piperidine rings is 1. The van der Waals surface area contributed by atoms with E-state index in [2.05, 4.69) is 10.6 Å². The van der Waals surface area contributed by atoms with Crippen molar-refractivity contribution in [3.63, 3.8) is 0 Å². The third-order valence-corrected chi connectivity index (χ3v) is 3.50. The van der Waals surface area contributed by atoms with Gasteiger partial charge in [-0.15, -0.1) is 0 Å². The molecule has 1 atom stereocenters. The van der Waals surface area contributed by atoms with Crippen LogP contribution in [0.5, 0.6) is 0 Å². The second-order valence-electron chi connectivity index (χ2n) is 5.01. The molecule has 100 valence electrons. The molecule has 0 radical (unpaired) electrons. The Morgan fingerprint density at radius 2 is 2.11 bits per heavy atom. The number of hydrogen-bond donors (Lipinski definition) is 2. The molecule has 0 bridgehead atoms. The van der Waals surface area contributed by atoms with Crippen LogP contribution >= 0.6 is 0 Å². The summed E-state index contributed by atoms with van der Waals surface area (Å²) in [7, 11) is 0. The topological polar surface area (TPSA) is 80.2 Å². The van der Waals surface area contributed by atoms with Gasteiger partial charge in [0, 0.05) is 18.7 Å². The zero-order valence-corrected chi connectivity index (χ0v) is 10.4. The molecule has 2 fully saturated rings. The van der Waals surface area contributed by atoms with Gasteiger partial charge in [0.25, 0.3) is 5.91 Å². The second-order valence-corrected chi connectivity index (χ2v) is 5.01. The molecule has 6 heteroatoms. The highest BCUT2D eigenvalue weighted by atomic mass is 16.2. The lowest BCUT2D eigenvalue weighted by Crippen LogP contribution is -2.52. The minimum atomic E-state index is -0.618. The van der Waals surface area contributed by atoms with Crippen molar-refractivity contribution < 1.29 is 14.4 Å². The van der Waals surface area contributed by atoms with Gasteiger partial charge in [0.05, 0.1) is 0 Å². The molecule has 0 aromatic carbocycles. The molecule has 2 aliphatic rings. The Morgan fingerprint density at radius 3 is 2.79 bits per heavy atom. The van der Waals surface area contributed by atoms with E-state index in [4.69, 9.17) is 0 Å². The van der Waals surface area contributed by atoms with E-state index < -0.39 is 11.9 Å². The molecule has 1 saturated carbocycles. The molecule has 1 aliphatic heterocycles. The van der Waals surface area contributed by atoms with Crippen molar-refractivity contribution in [1.29, 1.82) is 0 Å². The summed E-state index contributed by atoms with van der Waals surface area (Å²) in [5.41, 5.74) is 0.576. The van der Waals surface area contributed by atoms with E-state index in [1.54, 1.807) is 6.07 Å². The third-order valence-electron chi connectivity index (χ3n) is 3.50. The monoisotopic (exact) mass is 261 g/mol. The van der Waals surface area contributed by atoms with Gasteiger partial charge in [0.1, 0.15) is 11.7 Å². The Balaban J connectivity index is 1.69. The number of carbonyl (C=O) groups excluding carboxylic acids is 3. The Hall–Kier alpha value is -2.11. The van der Waals surface area contributed by atoms with E-state index in [1.807, 2.05) is 16.8 Å². The number of rotatable bonds is 3. The normalized spacial score (nSPS) is 23.1. The molecule has 1 aromatic rings. The van der Waals surface area contributed by atoms with Gasteiger partial charge in [0.15, 0.2) is 0 Å². The molecule has 0 spiro atoms. The highest BCUT2D eigenvalue weighted by Crippen LogP contribution is 2.35. The first-order chi connectivity index (χ1) is 9.15. The van der Waals surface area contributed by atoms with Crippen LogP contribution in [0.1, 0.15) is 42.2 Å². The number of carbonyl (C=O) groups is 3. The number of nitrogens with one attached hydrogen (secondary N) is 2. The fraction of sp³-hybridized carbons (Fsp3) is 0.462. The third kappa shape index (κ3) is 2.38. The van der Waals surface area contributed by atoms with Gasteiger partial charge in [-0.1, -0.05) is 0 Å². The molecular formula is C13H15N3O3. The van der Waals surface area contributed by atoms with E-state index in [-0.39, 0.29) is 18.2 Å². The molecule has 19 heavy (non-hydrogen) atoms. The maximum Gasteiger partial charge on any atom is 0.268 e. The van der Waals surface area contributed by atoms with Crippen LogP contribution in [0.25, 0.3) is 0 Å². The molecule has 3 amide bonds. The van der Waals surface area contributed by atoms with Crippen LogP contribution in [0.15, 0.2) is 18.3 Å². The summed E-state index contributed by atoms with van der Waals surface area (Å²) in [6.45, 7) is 0. The minimum absolute atomic E-state index is 0.258. The summed E-state index contributed by atoms with van der Waals surface area (Å²) < 4.78 is 1.95. The highest BCUT2D eigenvalue weighted by Gasteiger charge is 2.30. The lowest BCUT2D eigenvalue weighted by atomic mass is 10.1. The number of aromatic nitrogens is 1. The van der Waals surface area contributed by atoms with Crippen molar-refractivity contribution in [2.75, 3.05) is 0 Å². The Morgan fingerprint density at radius 1 is 1.32 bits per heavy atom. The first-order valence-corrected chi connectivity index (χ1v) is 6.46. The fourth-order valence-corrected chi connectivity index (χ4v) is 2.32. The zero-order chi connectivity index (χ0) is 13.4. The Labute approximate surface area is 110 Å². The molecule has 1 saturated heterocycles. The first kappa shape index (κ1) is 12.0. The van der Waals surface area contributed by atoms with E-state index in [1.165, 1.54) is 0 Å². The molecule has 1 unspecified atom stereocenters. The van der Waals surface area contributed by atoms with Crippen molar-refractivity contribution in [2.24, 2.45) is 0 Å². The lowest BCUT2D eigenvalue weighted by molar-refractivity contribution is -0.134. The highest BCUT2D eigenvalue weighted by molar-refractivity contribution is 6.03. The maximum absolute atomic E-state index is 12.2. The summed E-state index contributed by atoms with van der Waals surface area (Å²) in [6.07, 6.45) is 4.69.